The molecule has 0 saturated heterocycles. The van der Waals surface area contributed by atoms with Gasteiger partial charge in [0.25, 0.3) is 0 Å². The molecule has 0 saturated carbocycles. The van der Waals surface area contributed by atoms with Gasteiger partial charge in [-0.1, -0.05) is 30.3 Å². The van der Waals surface area contributed by atoms with E-state index in [1.807, 2.05) is 6.07 Å². The van der Waals surface area contributed by atoms with E-state index in [9.17, 15) is 9.59 Å². The van der Waals surface area contributed by atoms with Crippen molar-refractivity contribution in [1.82, 2.24) is 0 Å². The smallest absolute Gasteiger partial charge is 0.196 e. The maximum absolute atomic E-state index is 13.1. The average Bonchev–Trinajstić information content (AvgIpc) is 2.62. The maximum atomic E-state index is 13.1. The average molecular weight is 361 g/mol. The Balaban J connectivity index is 1.94. The first kappa shape index (κ1) is 16.2. The zero-order valence-electron chi connectivity index (χ0n) is 13.6. The van der Waals surface area contributed by atoms with Crippen molar-refractivity contribution in [2.24, 2.45) is 0 Å². The van der Waals surface area contributed by atoms with Gasteiger partial charge in [-0.3, -0.25) is 9.59 Å². The minimum absolute atomic E-state index is 0.188. The van der Waals surface area contributed by atoms with Gasteiger partial charge in [-0.05, 0) is 24.3 Å². The summed E-state index contributed by atoms with van der Waals surface area (Å²) in [6.45, 7) is 0. The molecule has 0 aliphatic heterocycles. The maximum Gasteiger partial charge on any atom is 0.196 e. The molecule has 1 aliphatic carbocycles. The highest BCUT2D eigenvalue weighted by Gasteiger charge is 2.34. The second kappa shape index (κ2) is 5.93. The van der Waals surface area contributed by atoms with Crippen molar-refractivity contribution in [3.8, 4) is 0 Å². The molecule has 0 radical (unpaired) electrons. The number of nitrogen functional groups attached to an aromatic ring is 2. The second-order valence-corrected chi connectivity index (χ2v) is 6.54. The number of carbonyl (C=O) groups excluding carboxylic acids is 2. The number of rotatable bonds is 2. The third kappa shape index (κ3) is 2.43. The number of hydrogen-bond donors (Lipinski definition) is 4. The summed E-state index contributed by atoms with van der Waals surface area (Å²) in [6, 6.07) is 15.5. The molecule has 5 nitrogen and oxygen atoms in total. The van der Waals surface area contributed by atoms with Gasteiger partial charge in [-0.15, -0.1) is 12.6 Å². The first-order valence-electron chi connectivity index (χ1n) is 7.94. The Labute approximate surface area is 155 Å². The molecule has 6 heteroatoms. The lowest BCUT2D eigenvalue weighted by molar-refractivity contribution is 0.0980. The highest BCUT2D eigenvalue weighted by Crippen LogP contribution is 2.39. The highest BCUT2D eigenvalue weighted by molar-refractivity contribution is 7.80. The largest absolute Gasteiger partial charge is 0.399 e. The summed E-state index contributed by atoms with van der Waals surface area (Å²) in [5.41, 5.74) is 15.0. The number of nitrogens with two attached hydrogens (primary N) is 2. The fourth-order valence-electron chi connectivity index (χ4n) is 3.17. The van der Waals surface area contributed by atoms with Gasteiger partial charge < -0.3 is 16.8 Å². The molecule has 0 fully saturated rings. The summed E-state index contributed by atoms with van der Waals surface area (Å²) in [4.78, 5) is 26.5. The van der Waals surface area contributed by atoms with Crippen LogP contribution >= 0.6 is 12.6 Å². The van der Waals surface area contributed by atoms with Crippen molar-refractivity contribution in [3.05, 3.63) is 76.9 Å². The molecule has 4 rings (SSSR count). The summed E-state index contributed by atoms with van der Waals surface area (Å²) in [5, 5.41) is 3.17. The topological polar surface area (TPSA) is 98.2 Å². The minimum atomic E-state index is -0.278. The first-order chi connectivity index (χ1) is 12.5. The molecule has 1 aliphatic rings. The van der Waals surface area contributed by atoms with Gasteiger partial charge in [-0.25, -0.2) is 0 Å². The summed E-state index contributed by atoms with van der Waals surface area (Å²) in [5.74, 6) is -0.527. The van der Waals surface area contributed by atoms with E-state index in [1.54, 1.807) is 48.5 Å². The van der Waals surface area contributed by atoms with E-state index < -0.39 is 0 Å². The van der Waals surface area contributed by atoms with Crippen molar-refractivity contribution in [2.75, 3.05) is 16.8 Å². The van der Waals surface area contributed by atoms with E-state index in [0.29, 0.717) is 33.1 Å². The fraction of sp³-hybridized carbons (Fsp3) is 0. The standard InChI is InChI=1S/C20H15N3O2S/c21-10-4-3-5-11(8-10)23-14-9-15(26)18(22)17-16(14)19(24)12-6-1-2-7-13(12)20(17)25/h1-9,23,26H,21-22H2. The van der Waals surface area contributed by atoms with E-state index in [0.717, 1.165) is 0 Å². The Morgan fingerprint density at radius 1 is 0.808 bits per heavy atom. The molecule has 5 N–H and O–H groups in total. The Morgan fingerprint density at radius 2 is 1.46 bits per heavy atom. The van der Waals surface area contributed by atoms with Crippen LogP contribution in [-0.4, -0.2) is 11.6 Å². The molecule has 0 amide bonds. The van der Waals surface area contributed by atoms with Gasteiger partial charge in [0.15, 0.2) is 11.6 Å². The van der Waals surface area contributed by atoms with Crippen molar-refractivity contribution in [1.29, 1.82) is 0 Å². The second-order valence-electron chi connectivity index (χ2n) is 6.06. The Hall–Kier alpha value is -3.25. The fourth-order valence-corrected chi connectivity index (χ4v) is 3.42. The van der Waals surface area contributed by atoms with Gasteiger partial charge in [0.05, 0.1) is 22.5 Å². The predicted octanol–water partition coefficient (Wildman–Crippen LogP) is 3.66. The van der Waals surface area contributed by atoms with Crippen LogP contribution in [0.15, 0.2) is 59.5 Å². The van der Waals surface area contributed by atoms with Crippen molar-refractivity contribution >= 4 is 46.9 Å². The molecule has 3 aromatic rings. The summed E-state index contributed by atoms with van der Waals surface area (Å²) >= 11 is 4.38. The minimum Gasteiger partial charge on any atom is -0.399 e. The zero-order chi connectivity index (χ0) is 18.4. The van der Waals surface area contributed by atoms with Crippen molar-refractivity contribution in [2.45, 2.75) is 4.90 Å². The molecule has 0 bridgehead atoms. The van der Waals surface area contributed by atoms with Gasteiger partial charge in [0.2, 0.25) is 0 Å². The summed E-state index contributed by atoms with van der Waals surface area (Å²) < 4.78 is 0. The van der Waals surface area contributed by atoms with Gasteiger partial charge >= 0.3 is 0 Å². The molecule has 0 atom stereocenters. The molecule has 0 heterocycles. The van der Waals surface area contributed by atoms with E-state index in [2.05, 4.69) is 17.9 Å². The number of nitrogens with one attached hydrogen (secondary N) is 1. The number of benzene rings is 3. The van der Waals surface area contributed by atoms with E-state index in [-0.39, 0.29) is 28.4 Å². The van der Waals surface area contributed by atoms with Crippen LogP contribution in [0.25, 0.3) is 0 Å². The molecule has 0 unspecified atom stereocenters. The van der Waals surface area contributed by atoms with E-state index >= 15 is 0 Å². The highest BCUT2D eigenvalue weighted by atomic mass is 32.1. The van der Waals surface area contributed by atoms with Gasteiger partial charge in [-0.2, -0.15) is 0 Å². The molecule has 0 aromatic heterocycles. The third-order valence-corrected chi connectivity index (χ3v) is 4.75. The van der Waals surface area contributed by atoms with Crippen LogP contribution in [0.1, 0.15) is 31.8 Å². The first-order valence-corrected chi connectivity index (χ1v) is 8.38. The predicted molar refractivity (Wildman–Crippen MR) is 106 cm³/mol. The number of ketones is 2. The molecule has 3 aromatic carbocycles. The Morgan fingerprint density at radius 3 is 2.12 bits per heavy atom. The van der Waals surface area contributed by atoms with Crippen LogP contribution in [0.3, 0.4) is 0 Å². The molecule has 26 heavy (non-hydrogen) atoms. The van der Waals surface area contributed by atoms with Crippen LogP contribution in [0, 0.1) is 0 Å². The zero-order valence-corrected chi connectivity index (χ0v) is 14.5. The third-order valence-electron chi connectivity index (χ3n) is 4.38. The summed E-state index contributed by atoms with van der Waals surface area (Å²) in [7, 11) is 0. The Kier molecular flexibility index (Phi) is 3.70. The van der Waals surface area contributed by atoms with Crippen LogP contribution in [0.5, 0.6) is 0 Å². The lowest BCUT2D eigenvalue weighted by Crippen LogP contribution is -2.24. The van der Waals surface area contributed by atoms with E-state index in [4.69, 9.17) is 11.5 Å². The lowest BCUT2D eigenvalue weighted by atomic mass is 9.82. The molecular formula is C20H15N3O2S. The van der Waals surface area contributed by atoms with Crippen molar-refractivity contribution in [3.63, 3.8) is 0 Å². The number of thiol groups is 1. The van der Waals surface area contributed by atoms with Gasteiger partial charge in [0.1, 0.15) is 0 Å². The quantitative estimate of drug-likeness (QED) is 0.323. The molecule has 0 spiro atoms. The van der Waals surface area contributed by atoms with Crippen LogP contribution in [0.2, 0.25) is 0 Å². The Bertz CT molecular complexity index is 1090. The van der Waals surface area contributed by atoms with Crippen LogP contribution in [0.4, 0.5) is 22.7 Å². The number of anilines is 4. The number of fused-ring (bicyclic) bond motifs is 2. The SMILES string of the molecule is Nc1cccc(Nc2cc(S)c(N)c3c2C(=O)c2ccccc2C3=O)c1. The summed E-state index contributed by atoms with van der Waals surface area (Å²) in [6.07, 6.45) is 0. The molecular weight excluding hydrogens is 346 g/mol. The van der Waals surface area contributed by atoms with Gasteiger partial charge in [0, 0.05) is 27.4 Å². The van der Waals surface area contributed by atoms with Crippen molar-refractivity contribution < 1.29 is 9.59 Å². The normalized spacial score (nSPS) is 12.5. The van der Waals surface area contributed by atoms with E-state index in [1.165, 1.54) is 0 Å². The number of carbonyl (C=O) groups is 2. The van der Waals surface area contributed by atoms with Crippen LogP contribution in [-0.2, 0) is 0 Å². The molecule has 128 valence electrons. The monoisotopic (exact) mass is 361 g/mol. The lowest BCUT2D eigenvalue weighted by Gasteiger charge is -2.23. The number of hydrogen-bond acceptors (Lipinski definition) is 6. The van der Waals surface area contributed by atoms with Crippen LogP contribution < -0.4 is 16.8 Å².